The Balaban J connectivity index is 2.84. The Hall–Kier alpha value is -1.53. The van der Waals surface area contributed by atoms with E-state index < -0.39 is 17.5 Å². The van der Waals surface area contributed by atoms with Gasteiger partial charge in [0.2, 0.25) is 5.54 Å². The van der Waals surface area contributed by atoms with Gasteiger partial charge in [-0.25, -0.2) is 9.59 Å². The first-order valence-corrected chi connectivity index (χ1v) is 7.30. The molecule has 6 heteroatoms. The van der Waals surface area contributed by atoms with Crippen molar-refractivity contribution >= 4 is 24.6 Å². The minimum absolute atomic E-state index is 0.122. The Bertz CT molecular complexity index is 469. The van der Waals surface area contributed by atoms with Gasteiger partial charge in [0.25, 0.3) is 0 Å². The van der Waals surface area contributed by atoms with Gasteiger partial charge < -0.3 is 15.2 Å². The van der Waals surface area contributed by atoms with Crippen LogP contribution in [0.4, 0.5) is 0 Å². The lowest BCUT2D eigenvalue weighted by atomic mass is 9.92. The molecule has 1 aromatic rings. The average molecular weight is 311 g/mol. The standard InChI is InChI=1S/C15H21NO4S/c1-3-19-13(17)15(16,14(18)20-4-2)10-9-11-5-7-12(21)8-6-11/h5-8,21H,3-4,9-10,16H2,1-2H3. The SMILES string of the molecule is CCOC(=O)C(N)(CCc1ccc(S)cc1)C(=O)OCC. The molecule has 116 valence electrons. The second-order valence-corrected chi connectivity index (χ2v) is 5.10. The molecule has 0 unspecified atom stereocenters. The highest BCUT2D eigenvalue weighted by Gasteiger charge is 2.44. The van der Waals surface area contributed by atoms with Crippen LogP contribution >= 0.6 is 12.6 Å². The highest BCUT2D eigenvalue weighted by molar-refractivity contribution is 7.80. The fourth-order valence-electron chi connectivity index (χ4n) is 1.81. The maximum atomic E-state index is 12.0. The average Bonchev–Trinajstić information content (AvgIpc) is 2.46. The van der Waals surface area contributed by atoms with Gasteiger partial charge in [-0.15, -0.1) is 12.6 Å². The van der Waals surface area contributed by atoms with E-state index in [1.807, 2.05) is 24.3 Å². The van der Waals surface area contributed by atoms with Gasteiger partial charge in [0.05, 0.1) is 13.2 Å². The summed E-state index contributed by atoms with van der Waals surface area (Å²) in [5.41, 5.74) is 5.15. The second kappa shape index (κ2) is 8.05. The fraction of sp³-hybridized carbons (Fsp3) is 0.467. The largest absolute Gasteiger partial charge is 0.464 e. The molecule has 21 heavy (non-hydrogen) atoms. The normalized spacial score (nSPS) is 11.0. The third kappa shape index (κ3) is 4.75. The molecule has 0 atom stereocenters. The van der Waals surface area contributed by atoms with Crippen molar-refractivity contribution in [2.24, 2.45) is 5.73 Å². The number of thiol groups is 1. The number of nitrogens with two attached hydrogens (primary N) is 1. The predicted molar refractivity (Wildman–Crippen MR) is 82.2 cm³/mol. The summed E-state index contributed by atoms with van der Waals surface area (Å²) in [7, 11) is 0. The summed E-state index contributed by atoms with van der Waals surface area (Å²) in [6, 6.07) is 7.43. The number of carbonyl (C=O) groups excluding carboxylic acids is 2. The molecular weight excluding hydrogens is 290 g/mol. The van der Waals surface area contributed by atoms with Gasteiger partial charge in [0.15, 0.2) is 0 Å². The molecule has 0 aromatic heterocycles. The molecule has 0 aliphatic rings. The molecule has 0 radical (unpaired) electrons. The summed E-state index contributed by atoms with van der Waals surface area (Å²) in [6.07, 6.45) is 0.582. The Morgan fingerprint density at radius 2 is 1.57 bits per heavy atom. The Morgan fingerprint density at radius 3 is 2.00 bits per heavy atom. The third-order valence-electron chi connectivity index (χ3n) is 3.02. The molecular formula is C15H21NO4S. The number of benzene rings is 1. The van der Waals surface area contributed by atoms with Crippen LogP contribution < -0.4 is 5.73 Å². The number of esters is 2. The lowest BCUT2D eigenvalue weighted by Gasteiger charge is -2.24. The van der Waals surface area contributed by atoms with Crippen LogP contribution in [0.25, 0.3) is 0 Å². The number of carbonyl (C=O) groups is 2. The summed E-state index contributed by atoms with van der Waals surface area (Å²) < 4.78 is 9.81. The highest BCUT2D eigenvalue weighted by Crippen LogP contribution is 2.17. The molecule has 5 nitrogen and oxygen atoms in total. The van der Waals surface area contributed by atoms with Gasteiger partial charge >= 0.3 is 11.9 Å². The van der Waals surface area contributed by atoms with Crippen LogP contribution in [-0.4, -0.2) is 30.7 Å². The first kappa shape index (κ1) is 17.5. The van der Waals surface area contributed by atoms with Crippen LogP contribution in [0.2, 0.25) is 0 Å². The predicted octanol–water partition coefficient (Wildman–Crippen LogP) is 1.73. The van der Waals surface area contributed by atoms with E-state index in [0.717, 1.165) is 10.5 Å². The van der Waals surface area contributed by atoms with E-state index in [2.05, 4.69) is 12.6 Å². The van der Waals surface area contributed by atoms with Crippen molar-refractivity contribution in [1.82, 2.24) is 0 Å². The topological polar surface area (TPSA) is 78.6 Å². The molecule has 0 heterocycles. The summed E-state index contributed by atoms with van der Waals surface area (Å²) in [6.45, 7) is 3.64. The van der Waals surface area contributed by atoms with E-state index in [1.54, 1.807) is 13.8 Å². The maximum Gasteiger partial charge on any atom is 0.337 e. The van der Waals surface area contributed by atoms with Crippen molar-refractivity contribution in [3.05, 3.63) is 29.8 Å². The van der Waals surface area contributed by atoms with Crippen molar-refractivity contribution in [3.8, 4) is 0 Å². The van der Waals surface area contributed by atoms with Gasteiger partial charge in [0.1, 0.15) is 0 Å². The first-order valence-electron chi connectivity index (χ1n) is 6.85. The Labute approximate surface area is 130 Å². The van der Waals surface area contributed by atoms with Crippen LogP contribution in [0.3, 0.4) is 0 Å². The smallest absolute Gasteiger partial charge is 0.337 e. The van der Waals surface area contributed by atoms with Crippen LogP contribution in [0.1, 0.15) is 25.8 Å². The highest BCUT2D eigenvalue weighted by atomic mass is 32.1. The van der Waals surface area contributed by atoms with E-state index in [9.17, 15) is 9.59 Å². The minimum Gasteiger partial charge on any atom is -0.464 e. The lowest BCUT2D eigenvalue weighted by molar-refractivity contribution is -0.164. The summed E-state index contributed by atoms with van der Waals surface area (Å²) in [5.74, 6) is -1.51. The molecule has 1 aromatic carbocycles. The van der Waals surface area contributed by atoms with Crippen LogP contribution in [0.5, 0.6) is 0 Å². The molecule has 1 rings (SSSR count). The van der Waals surface area contributed by atoms with E-state index in [-0.39, 0.29) is 19.6 Å². The summed E-state index contributed by atoms with van der Waals surface area (Å²) >= 11 is 4.20. The molecule has 0 saturated carbocycles. The first-order chi connectivity index (χ1) is 9.93. The van der Waals surface area contributed by atoms with Crippen LogP contribution in [-0.2, 0) is 25.5 Å². The van der Waals surface area contributed by atoms with Gasteiger partial charge in [-0.2, -0.15) is 0 Å². The number of aryl methyl sites for hydroxylation is 1. The Morgan fingerprint density at radius 1 is 1.10 bits per heavy atom. The molecule has 0 fully saturated rings. The number of hydrogen-bond donors (Lipinski definition) is 2. The van der Waals surface area contributed by atoms with Crippen LogP contribution in [0.15, 0.2) is 29.2 Å². The van der Waals surface area contributed by atoms with E-state index in [4.69, 9.17) is 15.2 Å². The fourth-order valence-corrected chi connectivity index (χ4v) is 1.96. The zero-order chi connectivity index (χ0) is 15.9. The summed E-state index contributed by atoms with van der Waals surface area (Å²) in [5, 5.41) is 0. The number of hydrogen-bond acceptors (Lipinski definition) is 6. The molecule has 0 saturated heterocycles. The Kier molecular flexibility index (Phi) is 6.71. The van der Waals surface area contributed by atoms with Crippen molar-refractivity contribution in [2.75, 3.05) is 13.2 Å². The quantitative estimate of drug-likeness (QED) is 0.455. The zero-order valence-electron chi connectivity index (χ0n) is 12.3. The van der Waals surface area contributed by atoms with Gasteiger partial charge in [0, 0.05) is 4.90 Å². The lowest BCUT2D eigenvalue weighted by Crippen LogP contribution is -2.57. The monoisotopic (exact) mass is 311 g/mol. The van der Waals surface area contributed by atoms with Crippen molar-refractivity contribution < 1.29 is 19.1 Å². The zero-order valence-corrected chi connectivity index (χ0v) is 13.2. The molecule has 0 amide bonds. The molecule has 0 aliphatic carbocycles. The maximum absolute atomic E-state index is 12.0. The van der Waals surface area contributed by atoms with Crippen molar-refractivity contribution in [2.45, 2.75) is 37.1 Å². The van der Waals surface area contributed by atoms with Crippen molar-refractivity contribution in [3.63, 3.8) is 0 Å². The van der Waals surface area contributed by atoms with Gasteiger partial charge in [-0.3, -0.25) is 0 Å². The van der Waals surface area contributed by atoms with E-state index >= 15 is 0 Å². The van der Waals surface area contributed by atoms with Gasteiger partial charge in [-0.1, -0.05) is 12.1 Å². The third-order valence-corrected chi connectivity index (χ3v) is 3.32. The van der Waals surface area contributed by atoms with Crippen molar-refractivity contribution in [1.29, 1.82) is 0 Å². The molecule has 0 bridgehead atoms. The minimum atomic E-state index is -1.77. The van der Waals surface area contributed by atoms with Crippen LogP contribution in [0, 0.1) is 0 Å². The summed E-state index contributed by atoms with van der Waals surface area (Å²) in [4.78, 5) is 24.8. The molecule has 2 N–H and O–H groups in total. The number of rotatable bonds is 7. The molecule has 0 aliphatic heterocycles. The van der Waals surface area contributed by atoms with E-state index in [0.29, 0.717) is 6.42 Å². The van der Waals surface area contributed by atoms with Gasteiger partial charge in [-0.05, 0) is 44.4 Å². The van der Waals surface area contributed by atoms with E-state index in [1.165, 1.54) is 0 Å². The molecule has 0 spiro atoms. The number of ether oxygens (including phenoxy) is 2. The second-order valence-electron chi connectivity index (χ2n) is 4.58.